The van der Waals surface area contributed by atoms with Crippen LogP contribution < -0.4 is 0 Å². The Bertz CT molecular complexity index is 473. The molecule has 0 N–H and O–H groups in total. The van der Waals surface area contributed by atoms with Gasteiger partial charge in [-0.05, 0) is 31.2 Å². The number of carbonyl (C=O) groups excluding carboxylic acids is 1. The van der Waals surface area contributed by atoms with E-state index in [0.29, 0.717) is 6.42 Å². The number of hydrogen-bond acceptors (Lipinski definition) is 3. The van der Waals surface area contributed by atoms with Crippen LogP contribution in [0.2, 0.25) is 0 Å². The topological polar surface area (TPSA) is 38.1 Å². The van der Waals surface area contributed by atoms with Crippen molar-refractivity contribution in [2.45, 2.75) is 25.2 Å². The van der Waals surface area contributed by atoms with Gasteiger partial charge in [0.05, 0.1) is 11.1 Å². The summed E-state index contributed by atoms with van der Waals surface area (Å²) in [5.41, 5.74) is 1.48. The first-order valence-corrected chi connectivity index (χ1v) is 5.85. The van der Waals surface area contributed by atoms with E-state index in [4.69, 9.17) is 0 Å². The van der Waals surface area contributed by atoms with Gasteiger partial charge in [-0.1, -0.05) is 0 Å². The van der Waals surface area contributed by atoms with E-state index in [1.54, 1.807) is 4.68 Å². The highest BCUT2D eigenvalue weighted by atomic mass is 16.1. The Hall–Kier alpha value is -1.58. The Morgan fingerprint density at radius 1 is 1.47 bits per heavy atom. The van der Waals surface area contributed by atoms with Gasteiger partial charge >= 0.3 is 0 Å². The maximum absolute atomic E-state index is 12.2. The van der Waals surface area contributed by atoms with Crippen LogP contribution in [-0.2, 0) is 17.3 Å². The first kappa shape index (κ1) is 11.9. The maximum atomic E-state index is 12.2. The predicted molar refractivity (Wildman–Crippen MR) is 66.6 cm³/mol. The molecule has 1 unspecified atom stereocenters. The van der Waals surface area contributed by atoms with Crippen molar-refractivity contribution in [2.75, 3.05) is 14.1 Å². The number of rotatable bonds is 2. The van der Waals surface area contributed by atoms with Gasteiger partial charge in [0.25, 0.3) is 0 Å². The van der Waals surface area contributed by atoms with E-state index < -0.39 is 5.41 Å². The largest absolute Gasteiger partial charge is 0.383 e. The lowest BCUT2D eigenvalue weighted by atomic mass is 9.81. The third-order valence-corrected chi connectivity index (χ3v) is 3.46. The number of aromatic nitrogens is 2. The van der Waals surface area contributed by atoms with E-state index in [0.717, 1.165) is 17.7 Å². The Balaban J connectivity index is 2.48. The number of Topliss-reactive ketones (excluding diaryl/α,β-unsaturated/α-hetero) is 1. The molecular formula is C13H19N3O. The summed E-state index contributed by atoms with van der Waals surface area (Å²) < 4.78 is 1.75. The van der Waals surface area contributed by atoms with Crippen molar-refractivity contribution in [2.24, 2.45) is 7.05 Å². The molecule has 0 amide bonds. The highest BCUT2D eigenvalue weighted by Crippen LogP contribution is 2.41. The molecule has 1 aliphatic carbocycles. The Labute approximate surface area is 102 Å². The molecule has 1 aromatic heterocycles. The molecule has 1 fully saturated rings. The van der Waals surface area contributed by atoms with Gasteiger partial charge in [0.1, 0.15) is 5.78 Å². The van der Waals surface area contributed by atoms with Gasteiger partial charge in [0, 0.05) is 33.8 Å². The van der Waals surface area contributed by atoms with E-state index >= 15 is 0 Å². The third kappa shape index (κ3) is 1.88. The number of hydrogen-bond donors (Lipinski definition) is 0. The van der Waals surface area contributed by atoms with Gasteiger partial charge in [0.15, 0.2) is 0 Å². The third-order valence-electron chi connectivity index (χ3n) is 3.46. The van der Waals surface area contributed by atoms with Crippen molar-refractivity contribution in [3.63, 3.8) is 0 Å². The molecule has 1 saturated carbocycles. The number of allylic oxidation sites excluding steroid dienone is 1. The quantitative estimate of drug-likeness (QED) is 0.776. The van der Waals surface area contributed by atoms with Crippen LogP contribution in [0.3, 0.4) is 0 Å². The van der Waals surface area contributed by atoms with Crippen LogP contribution in [0.4, 0.5) is 0 Å². The monoisotopic (exact) mass is 233 g/mol. The van der Waals surface area contributed by atoms with E-state index in [1.807, 2.05) is 45.2 Å². The average molecular weight is 233 g/mol. The van der Waals surface area contributed by atoms with Gasteiger partial charge in [0.2, 0.25) is 0 Å². The second kappa shape index (κ2) is 4.02. The standard InChI is InChI=1S/C13H19N3O/c1-13(11-7-8-16(4)14-11)10(9-15(2)3)5-6-12(13)17/h7-9H,5-6H2,1-4H3. The normalized spacial score (nSPS) is 26.8. The van der Waals surface area contributed by atoms with Gasteiger partial charge in [-0.2, -0.15) is 5.10 Å². The number of aryl methyl sites for hydroxylation is 1. The second-order valence-electron chi connectivity index (χ2n) is 5.04. The van der Waals surface area contributed by atoms with Gasteiger partial charge in [-0.25, -0.2) is 0 Å². The smallest absolute Gasteiger partial charge is 0.149 e. The Morgan fingerprint density at radius 3 is 2.71 bits per heavy atom. The number of ketones is 1. The van der Waals surface area contributed by atoms with Crippen LogP contribution in [-0.4, -0.2) is 34.6 Å². The Kier molecular flexibility index (Phi) is 2.81. The summed E-state index contributed by atoms with van der Waals surface area (Å²) in [4.78, 5) is 14.2. The van der Waals surface area contributed by atoms with E-state index in [1.165, 1.54) is 0 Å². The number of nitrogens with zero attached hydrogens (tertiary/aromatic N) is 3. The molecular weight excluding hydrogens is 214 g/mol. The van der Waals surface area contributed by atoms with E-state index in [-0.39, 0.29) is 5.78 Å². The minimum absolute atomic E-state index is 0.268. The van der Waals surface area contributed by atoms with Crippen molar-refractivity contribution in [1.82, 2.24) is 14.7 Å². The lowest BCUT2D eigenvalue weighted by molar-refractivity contribution is -0.121. The average Bonchev–Trinajstić information content (AvgIpc) is 2.78. The fourth-order valence-corrected chi connectivity index (χ4v) is 2.42. The molecule has 0 bridgehead atoms. The summed E-state index contributed by atoms with van der Waals surface area (Å²) in [6.07, 6.45) is 5.40. The zero-order valence-corrected chi connectivity index (χ0v) is 10.9. The van der Waals surface area contributed by atoms with E-state index in [2.05, 4.69) is 11.3 Å². The van der Waals surface area contributed by atoms with Crippen LogP contribution in [0.5, 0.6) is 0 Å². The van der Waals surface area contributed by atoms with Crippen LogP contribution >= 0.6 is 0 Å². The summed E-state index contributed by atoms with van der Waals surface area (Å²) in [5, 5.41) is 4.41. The summed E-state index contributed by atoms with van der Waals surface area (Å²) in [6.45, 7) is 1.99. The maximum Gasteiger partial charge on any atom is 0.149 e. The van der Waals surface area contributed by atoms with Crippen molar-refractivity contribution in [3.8, 4) is 0 Å². The minimum atomic E-state index is -0.536. The van der Waals surface area contributed by atoms with Crippen LogP contribution in [0.25, 0.3) is 0 Å². The lowest BCUT2D eigenvalue weighted by Crippen LogP contribution is -2.30. The molecule has 1 atom stereocenters. The molecule has 4 heteroatoms. The second-order valence-corrected chi connectivity index (χ2v) is 5.04. The molecule has 4 nitrogen and oxygen atoms in total. The van der Waals surface area contributed by atoms with Gasteiger partial charge < -0.3 is 4.90 Å². The molecule has 92 valence electrons. The van der Waals surface area contributed by atoms with Gasteiger partial charge in [-0.15, -0.1) is 0 Å². The molecule has 17 heavy (non-hydrogen) atoms. The molecule has 0 radical (unpaired) electrons. The summed E-state index contributed by atoms with van der Waals surface area (Å²) in [6, 6.07) is 1.94. The lowest BCUT2D eigenvalue weighted by Gasteiger charge is -2.23. The van der Waals surface area contributed by atoms with Crippen molar-refractivity contribution >= 4 is 5.78 Å². The minimum Gasteiger partial charge on any atom is -0.383 e. The molecule has 1 heterocycles. The molecule has 0 aromatic carbocycles. The highest BCUT2D eigenvalue weighted by molar-refractivity contribution is 5.95. The van der Waals surface area contributed by atoms with Crippen molar-refractivity contribution in [3.05, 3.63) is 29.7 Å². The summed E-state index contributed by atoms with van der Waals surface area (Å²) in [7, 11) is 5.84. The van der Waals surface area contributed by atoms with Crippen LogP contribution in [0, 0.1) is 0 Å². The highest BCUT2D eigenvalue weighted by Gasteiger charge is 2.45. The molecule has 1 aromatic rings. The van der Waals surface area contributed by atoms with Crippen molar-refractivity contribution < 1.29 is 4.79 Å². The summed E-state index contributed by atoms with van der Waals surface area (Å²) in [5.74, 6) is 0.268. The fraction of sp³-hybridized carbons (Fsp3) is 0.538. The molecule has 0 spiro atoms. The SMILES string of the molecule is CN(C)C=C1CCC(=O)C1(C)c1ccn(C)n1. The Morgan fingerprint density at radius 2 is 2.18 bits per heavy atom. The first-order chi connectivity index (χ1) is 7.94. The van der Waals surface area contributed by atoms with Crippen LogP contribution in [0.1, 0.15) is 25.5 Å². The molecule has 0 aliphatic heterocycles. The number of carbonyl (C=O) groups is 1. The van der Waals surface area contributed by atoms with Gasteiger partial charge in [-0.3, -0.25) is 9.48 Å². The van der Waals surface area contributed by atoms with E-state index in [9.17, 15) is 4.79 Å². The molecule has 0 saturated heterocycles. The first-order valence-electron chi connectivity index (χ1n) is 5.85. The molecule has 2 rings (SSSR count). The summed E-state index contributed by atoms with van der Waals surface area (Å²) >= 11 is 0. The zero-order chi connectivity index (χ0) is 12.6. The fourth-order valence-electron chi connectivity index (χ4n) is 2.42. The zero-order valence-electron chi connectivity index (χ0n) is 10.9. The van der Waals surface area contributed by atoms with Crippen LogP contribution in [0.15, 0.2) is 24.0 Å². The van der Waals surface area contributed by atoms with Crippen molar-refractivity contribution in [1.29, 1.82) is 0 Å². The molecule has 1 aliphatic rings. The predicted octanol–water partition coefficient (Wildman–Crippen LogP) is 1.49.